The minimum atomic E-state index is 0.553. The first kappa shape index (κ1) is 11.6. The molecule has 0 saturated heterocycles. The molecule has 0 amide bonds. The summed E-state index contributed by atoms with van der Waals surface area (Å²) in [4.78, 5) is 4.09. The van der Waals surface area contributed by atoms with Crippen molar-refractivity contribution in [3.63, 3.8) is 0 Å². The summed E-state index contributed by atoms with van der Waals surface area (Å²) in [5, 5.41) is 4.31. The van der Waals surface area contributed by atoms with Crippen molar-refractivity contribution < 1.29 is 0 Å². The van der Waals surface area contributed by atoms with E-state index >= 15 is 0 Å². The summed E-state index contributed by atoms with van der Waals surface area (Å²) in [6.07, 6.45) is 9.06. The second-order valence-corrected chi connectivity index (χ2v) is 5.44. The van der Waals surface area contributed by atoms with Crippen LogP contribution in [0.1, 0.15) is 25.7 Å². The molecule has 3 N–H and O–H groups in total. The van der Waals surface area contributed by atoms with E-state index in [4.69, 9.17) is 5.73 Å². The van der Waals surface area contributed by atoms with Crippen LogP contribution in [0.15, 0.2) is 18.3 Å². The summed E-state index contributed by atoms with van der Waals surface area (Å²) in [6.45, 7) is 0. The van der Waals surface area contributed by atoms with E-state index in [0.29, 0.717) is 11.9 Å². The van der Waals surface area contributed by atoms with Crippen molar-refractivity contribution in [1.29, 1.82) is 0 Å². The highest BCUT2D eigenvalue weighted by molar-refractivity contribution is 7.99. The Balaban J connectivity index is 1.97. The predicted molar refractivity (Wildman–Crippen MR) is 71.8 cm³/mol. The van der Waals surface area contributed by atoms with E-state index in [1.807, 2.05) is 23.9 Å². The Bertz CT molecular complexity index is 343. The average molecular weight is 237 g/mol. The van der Waals surface area contributed by atoms with Gasteiger partial charge in [-0.15, -0.1) is 0 Å². The molecular formula is C12H19N3S. The molecule has 0 radical (unpaired) electrons. The van der Waals surface area contributed by atoms with Gasteiger partial charge in [0.15, 0.2) is 0 Å². The number of aromatic nitrogens is 1. The number of nitrogens with two attached hydrogens (primary N) is 1. The highest BCUT2D eigenvalue weighted by Gasteiger charge is 2.21. The summed E-state index contributed by atoms with van der Waals surface area (Å²) >= 11 is 1.98. The van der Waals surface area contributed by atoms with Gasteiger partial charge in [-0.1, -0.05) is 6.42 Å². The maximum absolute atomic E-state index is 5.83. The molecule has 0 bridgehead atoms. The summed E-state index contributed by atoms with van der Waals surface area (Å²) in [5.74, 6) is 0.605. The lowest BCUT2D eigenvalue weighted by atomic mass is 9.95. The minimum absolute atomic E-state index is 0.553. The standard InChI is InChI=1S/C12H19N3S/c1-16-10-5-2-4-9(8-10)15-11-6-3-7-14-12(11)13/h3,6-7,9-10,15H,2,4-5,8H2,1H3,(H2,13,14). The van der Waals surface area contributed by atoms with Crippen LogP contribution in [0, 0.1) is 0 Å². The van der Waals surface area contributed by atoms with Gasteiger partial charge in [0, 0.05) is 17.5 Å². The van der Waals surface area contributed by atoms with Gasteiger partial charge in [0.25, 0.3) is 0 Å². The molecule has 1 aromatic rings. The van der Waals surface area contributed by atoms with E-state index < -0.39 is 0 Å². The Hall–Kier alpha value is -0.900. The fourth-order valence-corrected chi connectivity index (χ4v) is 3.08. The van der Waals surface area contributed by atoms with E-state index in [1.54, 1.807) is 6.20 Å². The average Bonchev–Trinajstić information content (AvgIpc) is 2.32. The largest absolute Gasteiger partial charge is 0.382 e. The number of nitrogen functional groups attached to an aromatic ring is 1. The van der Waals surface area contributed by atoms with Crippen LogP contribution >= 0.6 is 11.8 Å². The third kappa shape index (κ3) is 2.82. The first-order valence-corrected chi connectivity index (χ1v) is 7.08. The summed E-state index contributed by atoms with van der Waals surface area (Å²) < 4.78 is 0. The van der Waals surface area contributed by atoms with Crippen LogP contribution in [-0.4, -0.2) is 22.5 Å². The van der Waals surface area contributed by atoms with Gasteiger partial charge >= 0.3 is 0 Å². The molecule has 1 aliphatic rings. The number of thioether (sulfide) groups is 1. The molecule has 1 aromatic heterocycles. The Kier molecular flexibility index (Phi) is 3.93. The fraction of sp³-hybridized carbons (Fsp3) is 0.583. The molecule has 3 nitrogen and oxygen atoms in total. The van der Waals surface area contributed by atoms with E-state index in [0.717, 1.165) is 10.9 Å². The second-order valence-electron chi connectivity index (χ2n) is 4.30. The van der Waals surface area contributed by atoms with Crippen LogP contribution in [0.25, 0.3) is 0 Å². The van der Waals surface area contributed by atoms with Crippen LogP contribution in [0.4, 0.5) is 11.5 Å². The van der Waals surface area contributed by atoms with Crippen molar-refractivity contribution in [3.05, 3.63) is 18.3 Å². The number of rotatable bonds is 3. The Morgan fingerprint density at radius 2 is 2.38 bits per heavy atom. The van der Waals surface area contributed by atoms with E-state index in [9.17, 15) is 0 Å². The molecule has 0 spiro atoms. The van der Waals surface area contributed by atoms with Crippen LogP contribution < -0.4 is 11.1 Å². The van der Waals surface area contributed by atoms with E-state index in [1.165, 1.54) is 25.7 Å². The quantitative estimate of drug-likeness (QED) is 0.848. The summed E-state index contributed by atoms with van der Waals surface area (Å²) in [7, 11) is 0. The van der Waals surface area contributed by atoms with Crippen LogP contribution in [0.5, 0.6) is 0 Å². The van der Waals surface area contributed by atoms with Crippen molar-refractivity contribution in [2.45, 2.75) is 37.0 Å². The van der Waals surface area contributed by atoms with Crippen molar-refractivity contribution in [2.24, 2.45) is 0 Å². The molecule has 1 aliphatic carbocycles. The van der Waals surface area contributed by atoms with Crippen molar-refractivity contribution in [2.75, 3.05) is 17.3 Å². The molecule has 0 aliphatic heterocycles. The van der Waals surface area contributed by atoms with Crippen LogP contribution in [0.3, 0.4) is 0 Å². The molecule has 2 rings (SSSR count). The first-order valence-electron chi connectivity index (χ1n) is 5.79. The van der Waals surface area contributed by atoms with Gasteiger partial charge in [-0.05, 0) is 37.7 Å². The molecule has 1 saturated carbocycles. The topological polar surface area (TPSA) is 50.9 Å². The zero-order valence-corrected chi connectivity index (χ0v) is 10.5. The van der Waals surface area contributed by atoms with Crippen molar-refractivity contribution in [1.82, 2.24) is 4.98 Å². The highest BCUT2D eigenvalue weighted by Crippen LogP contribution is 2.29. The molecule has 1 heterocycles. The molecule has 2 unspecified atom stereocenters. The summed E-state index contributed by atoms with van der Waals surface area (Å²) in [5.41, 5.74) is 6.81. The van der Waals surface area contributed by atoms with Crippen molar-refractivity contribution >= 4 is 23.3 Å². The Morgan fingerprint density at radius 3 is 3.12 bits per heavy atom. The summed E-state index contributed by atoms with van der Waals surface area (Å²) in [6, 6.07) is 4.48. The molecule has 0 aromatic carbocycles. The molecule has 1 fully saturated rings. The lowest BCUT2D eigenvalue weighted by Crippen LogP contribution is -2.28. The van der Waals surface area contributed by atoms with Crippen molar-refractivity contribution in [3.8, 4) is 0 Å². The number of hydrogen-bond donors (Lipinski definition) is 2. The predicted octanol–water partition coefficient (Wildman–Crippen LogP) is 2.75. The van der Waals surface area contributed by atoms with Gasteiger partial charge in [0.2, 0.25) is 0 Å². The SMILES string of the molecule is CSC1CCCC(Nc2cccnc2N)C1. The monoisotopic (exact) mass is 237 g/mol. The maximum atomic E-state index is 5.83. The third-order valence-electron chi connectivity index (χ3n) is 3.16. The smallest absolute Gasteiger partial charge is 0.146 e. The van der Waals surface area contributed by atoms with Crippen LogP contribution in [-0.2, 0) is 0 Å². The van der Waals surface area contributed by atoms with E-state index in [-0.39, 0.29) is 0 Å². The lowest BCUT2D eigenvalue weighted by Gasteiger charge is -2.29. The molecule has 2 atom stereocenters. The number of pyridine rings is 1. The van der Waals surface area contributed by atoms with Gasteiger partial charge in [-0.2, -0.15) is 11.8 Å². The first-order chi connectivity index (χ1) is 7.79. The highest BCUT2D eigenvalue weighted by atomic mass is 32.2. The maximum Gasteiger partial charge on any atom is 0.146 e. The Labute approximate surface area is 101 Å². The van der Waals surface area contributed by atoms with Gasteiger partial charge < -0.3 is 11.1 Å². The zero-order chi connectivity index (χ0) is 11.4. The minimum Gasteiger partial charge on any atom is -0.382 e. The van der Waals surface area contributed by atoms with Gasteiger partial charge in [0.05, 0.1) is 5.69 Å². The third-order valence-corrected chi connectivity index (χ3v) is 4.25. The molecule has 88 valence electrons. The van der Waals surface area contributed by atoms with Gasteiger partial charge in [-0.3, -0.25) is 0 Å². The molecule has 4 heteroatoms. The van der Waals surface area contributed by atoms with E-state index in [2.05, 4.69) is 16.6 Å². The number of hydrogen-bond acceptors (Lipinski definition) is 4. The zero-order valence-electron chi connectivity index (χ0n) is 9.65. The fourth-order valence-electron chi connectivity index (χ4n) is 2.25. The van der Waals surface area contributed by atoms with Gasteiger partial charge in [-0.25, -0.2) is 4.98 Å². The lowest BCUT2D eigenvalue weighted by molar-refractivity contribution is 0.474. The number of nitrogens with one attached hydrogen (secondary N) is 1. The number of anilines is 2. The molecule has 16 heavy (non-hydrogen) atoms. The number of nitrogens with zero attached hydrogens (tertiary/aromatic N) is 1. The Morgan fingerprint density at radius 1 is 1.50 bits per heavy atom. The van der Waals surface area contributed by atoms with Crippen LogP contribution in [0.2, 0.25) is 0 Å². The second kappa shape index (κ2) is 5.43. The van der Waals surface area contributed by atoms with Gasteiger partial charge in [0.1, 0.15) is 5.82 Å². The molecular weight excluding hydrogens is 218 g/mol. The normalized spacial score (nSPS) is 25.3.